The topological polar surface area (TPSA) is 55.1 Å². The van der Waals surface area contributed by atoms with Gasteiger partial charge in [0.15, 0.2) is 0 Å². The van der Waals surface area contributed by atoms with Gasteiger partial charge < -0.3 is 11.1 Å². The molecule has 0 bridgehead atoms. The van der Waals surface area contributed by atoms with Crippen molar-refractivity contribution in [1.29, 1.82) is 0 Å². The molecule has 3 nitrogen and oxygen atoms in total. The predicted octanol–water partition coefficient (Wildman–Crippen LogP) is 1.66. The molecule has 0 fully saturated rings. The fourth-order valence-corrected chi connectivity index (χ4v) is 2.08. The van der Waals surface area contributed by atoms with Crippen LogP contribution in [0, 0.1) is 12.8 Å². The average Bonchev–Trinajstić information content (AvgIpc) is 2.61. The maximum absolute atomic E-state index is 11.5. The van der Waals surface area contributed by atoms with Crippen molar-refractivity contribution < 1.29 is 4.79 Å². The lowest BCUT2D eigenvalue weighted by Crippen LogP contribution is -2.26. The Kier molecular flexibility index (Phi) is 4.78. The Labute approximate surface area is 94.7 Å². The van der Waals surface area contributed by atoms with Crippen LogP contribution in [0.4, 0.5) is 0 Å². The van der Waals surface area contributed by atoms with E-state index in [-0.39, 0.29) is 11.8 Å². The van der Waals surface area contributed by atoms with Crippen molar-refractivity contribution >= 4 is 17.2 Å². The van der Waals surface area contributed by atoms with Crippen molar-refractivity contribution in [2.45, 2.75) is 26.8 Å². The summed E-state index contributed by atoms with van der Waals surface area (Å²) in [6.07, 6.45) is 0.515. The van der Waals surface area contributed by atoms with Crippen LogP contribution in [0.5, 0.6) is 0 Å². The quantitative estimate of drug-likeness (QED) is 0.802. The van der Waals surface area contributed by atoms with Gasteiger partial charge in [0.1, 0.15) is 0 Å². The Balaban J connectivity index is 2.31. The number of carbonyl (C=O) groups is 1. The minimum absolute atomic E-state index is 0.0840. The molecule has 4 heteroatoms. The van der Waals surface area contributed by atoms with Crippen molar-refractivity contribution in [3.63, 3.8) is 0 Å². The fourth-order valence-electron chi connectivity index (χ4n) is 1.24. The van der Waals surface area contributed by atoms with Crippen LogP contribution in [0.2, 0.25) is 0 Å². The first kappa shape index (κ1) is 12.2. The number of aryl methyl sites for hydroxylation is 1. The Morgan fingerprint density at radius 2 is 2.40 bits per heavy atom. The molecule has 0 spiro atoms. The number of rotatable bonds is 5. The Morgan fingerprint density at radius 3 is 2.93 bits per heavy atom. The number of amides is 1. The summed E-state index contributed by atoms with van der Waals surface area (Å²) >= 11 is 1.68. The van der Waals surface area contributed by atoms with Gasteiger partial charge in [0.05, 0.1) is 6.54 Å². The van der Waals surface area contributed by atoms with Gasteiger partial charge in [-0.2, -0.15) is 0 Å². The first-order valence-electron chi connectivity index (χ1n) is 5.13. The van der Waals surface area contributed by atoms with Gasteiger partial charge in [-0.05, 0) is 36.4 Å². The summed E-state index contributed by atoms with van der Waals surface area (Å²) in [5.41, 5.74) is 6.70. The lowest BCUT2D eigenvalue weighted by atomic mass is 10.1. The summed E-state index contributed by atoms with van der Waals surface area (Å²) in [5, 5.41) is 4.95. The van der Waals surface area contributed by atoms with Crippen LogP contribution in [0.3, 0.4) is 0 Å². The second-order valence-corrected chi connectivity index (χ2v) is 4.85. The first-order valence-corrected chi connectivity index (χ1v) is 6.01. The average molecular weight is 226 g/mol. The highest BCUT2D eigenvalue weighted by Gasteiger charge is 2.07. The Bertz CT molecular complexity index is 322. The van der Waals surface area contributed by atoms with Crippen LogP contribution in [0.25, 0.3) is 0 Å². The molecule has 3 N–H and O–H groups in total. The highest BCUT2D eigenvalue weighted by Crippen LogP contribution is 2.14. The van der Waals surface area contributed by atoms with E-state index in [9.17, 15) is 4.79 Å². The highest BCUT2D eigenvalue weighted by atomic mass is 32.1. The number of nitrogens with one attached hydrogen (secondary N) is 1. The van der Waals surface area contributed by atoms with Crippen molar-refractivity contribution in [2.75, 3.05) is 6.54 Å². The molecule has 0 aromatic carbocycles. The smallest absolute Gasteiger partial charge is 0.220 e. The molecule has 1 atom stereocenters. The maximum atomic E-state index is 11.5. The Morgan fingerprint density at radius 1 is 1.67 bits per heavy atom. The first-order chi connectivity index (χ1) is 7.13. The van der Waals surface area contributed by atoms with Gasteiger partial charge in [0, 0.05) is 11.3 Å². The largest absolute Gasteiger partial charge is 0.351 e. The number of nitrogens with two attached hydrogens (primary N) is 1. The van der Waals surface area contributed by atoms with E-state index in [1.165, 1.54) is 10.4 Å². The third kappa shape index (κ3) is 4.01. The molecule has 0 saturated carbocycles. The van der Waals surface area contributed by atoms with Gasteiger partial charge >= 0.3 is 0 Å². The molecule has 15 heavy (non-hydrogen) atoms. The van der Waals surface area contributed by atoms with Crippen LogP contribution in [0.1, 0.15) is 23.8 Å². The monoisotopic (exact) mass is 226 g/mol. The standard InChI is InChI=1S/C11H18N2OS/c1-8(6-12)5-11(14)13-7-10-9(2)3-4-15-10/h3-4,8H,5-7,12H2,1-2H3,(H,13,14). The van der Waals surface area contributed by atoms with E-state index in [1.807, 2.05) is 12.3 Å². The predicted molar refractivity (Wildman–Crippen MR) is 63.7 cm³/mol. The van der Waals surface area contributed by atoms with Gasteiger partial charge in [0.25, 0.3) is 0 Å². The van der Waals surface area contributed by atoms with E-state index < -0.39 is 0 Å². The summed E-state index contributed by atoms with van der Waals surface area (Å²) in [7, 11) is 0. The molecule has 0 radical (unpaired) electrons. The lowest BCUT2D eigenvalue weighted by Gasteiger charge is -2.08. The van der Waals surface area contributed by atoms with Crippen molar-refractivity contribution in [3.05, 3.63) is 21.9 Å². The number of carbonyl (C=O) groups excluding carboxylic acids is 1. The number of hydrogen-bond acceptors (Lipinski definition) is 3. The summed E-state index contributed by atoms with van der Waals surface area (Å²) < 4.78 is 0. The second kappa shape index (κ2) is 5.88. The van der Waals surface area contributed by atoms with Crippen LogP contribution in [-0.2, 0) is 11.3 Å². The molecule has 1 aromatic heterocycles. The molecule has 1 heterocycles. The maximum Gasteiger partial charge on any atom is 0.220 e. The van der Waals surface area contributed by atoms with Crippen molar-refractivity contribution in [2.24, 2.45) is 11.7 Å². The third-order valence-corrected chi connectivity index (χ3v) is 3.37. The van der Waals surface area contributed by atoms with E-state index in [0.717, 1.165) is 0 Å². The van der Waals surface area contributed by atoms with E-state index in [1.54, 1.807) is 11.3 Å². The van der Waals surface area contributed by atoms with Gasteiger partial charge in [-0.1, -0.05) is 6.92 Å². The molecule has 0 aliphatic heterocycles. The third-order valence-electron chi connectivity index (χ3n) is 2.35. The van der Waals surface area contributed by atoms with Crippen LogP contribution in [0.15, 0.2) is 11.4 Å². The van der Waals surface area contributed by atoms with E-state index in [0.29, 0.717) is 19.5 Å². The minimum Gasteiger partial charge on any atom is -0.351 e. The second-order valence-electron chi connectivity index (χ2n) is 3.85. The van der Waals surface area contributed by atoms with E-state index in [4.69, 9.17) is 5.73 Å². The lowest BCUT2D eigenvalue weighted by molar-refractivity contribution is -0.122. The molecule has 1 rings (SSSR count). The summed E-state index contributed by atoms with van der Waals surface area (Å²) in [5.74, 6) is 0.343. The van der Waals surface area contributed by atoms with Gasteiger partial charge in [-0.15, -0.1) is 11.3 Å². The highest BCUT2D eigenvalue weighted by molar-refractivity contribution is 7.10. The summed E-state index contributed by atoms with van der Waals surface area (Å²) in [4.78, 5) is 12.7. The molecule has 0 saturated heterocycles. The van der Waals surface area contributed by atoms with Crippen LogP contribution < -0.4 is 11.1 Å². The fraction of sp³-hybridized carbons (Fsp3) is 0.545. The van der Waals surface area contributed by atoms with Crippen LogP contribution in [-0.4, -0.2) is 12.5 Å². The zero-order valence-electron chi connectivity index (χ0n) is 9.25. The molecule has 84 valence electrons. The van der Waals surface area contributed by atoms with Gasteiger partial charge in [0.2, 0.25) is 5.91 Å². The number of thiophene rings is 1. The molecule has 0 aliphatic rings. The SMILES string of the molecule is Cc1ccsc1CNC(=O)CC(C)CN. The molecule has 1 aromatic rings. The number of hydrogen-bond donors (Lipinski definition) is 2. The zero-order chi connectivity index (χ0) is 11.3. The molecular weight excluding hydrogens is 208 g/mol. The summed E-state index contributed by atoms with van der Waals surface area (Å²) in [6, 6.07) is 2.06. The van der Waals surface area contributed by atoms with Gasteiger partial charge in [-0.3, -0.25) is 4.79 Å². The molecule has 0 aliphatic carbocycles. The van der Waals surface area contributed by atoms with Crippen molar-refractivity contribution in [3.8, 4) is 0 Å². The van der Waals surface area contributed by atoms with E-state index >= 15 is 0 Å². The van der Waals surface area contributed by atoms with E-state index in [2.05, 4.69) is 18.3 Å². The summed E-state index contributed by atoms with van der Waals surface area (Å²) in [6.45, 7) is 5.24. The molecule has 1 unspecified atom stereocenters. The zero-order valence-corrected chi connectivity index (χ0v) is 10.1. The molecular formula is C11H18N2OS. The normalized spacial score (nSPS) is 12.5. The minimum atomic E-state index is 0.0840. The van der Waals surface area contributed by atoms with Crippen LogP contribution >= 0.6 is 11.3 Å². The van der Waals surface area contributed by atoms with Crippen molar-refractivity contribution in [1.82, 2.24) is 5.32 Å². The van der Waals surface area contributed by atoms with Gasteiger partial charge in [-0.25, -0.2) is 0 Å². The molecule has 1 amide bonds. The Hall–Kier alpha value is -0.870.